The largest absolute Gasteiger partial charge is 0.375 e. The standard InChI is InChI=1S/C19H24N2O3S/c1-5-15-8-6-7-14(3)19(15)21-18(22)12-20-16-10-9-13(2)11-17(16)25(4,23)24/h6-11,20H,5,12H2,1-4H3,(H,21,22). The number of para-hydroxylation sites is 1. The Morgan fingerprint density at radius 3 is 2.48 bits per heavy atom. The van der Waals surface area contributed by atoms with E-state index in [-0.39, 0.29) is 17.3 Å². The molecule has 0 saturated heterocycles. The molecule has 2 aromatic rings. The van der Waals surface area contributed by atoms with Crippen molar-refractivity contribution >= 4 is 27.1 Å². The number of benzene rings is 2. The van der Waals surface area contributed by atoms with Crippen LogP contribution in [0.3, 0.4) is 0 Å². The van der Waals surface area contributed by atoms with Crippen LogP contribution in [0.15, 0.2) is 41.3 Å². The Hall–Kier alpha value is -2.34. The molecule has 5 nitrogen and oxygen atoms in total. The molecule has 0 aromatic heterocycles. The molecule has 0 aliphatic heterocycles. The number of aryl methyl sites for hydroxylation is 3. The van der Waals surface area contributed by atoms with Crippen LogP contribution in [-0.2, 0) is 21.1 Å². The van der Waals surface area contributed by atoms with E-state index in [4.69, 9.17) is 0 Å². The van der Waals surface area contributed by atoms with Crippen molar-refractivity contribution in [1.29, 1.82) is 0 Å². The molecule has 0 bridgehead atoms. The fraction of sp³-hybridized carbons (Fsp3) is 0.316. The minimum Gasteiger partial charge on any atom is -0.375 e. The highest BCUT2D eigenvalue weighted by molar-refractivity contribution is 7.90. The van der Waals surface area contributed by atoms with E-state index in [1.54, 1.807) is 12.1 Å². The summed E-state index contributed by atoms with van der Waals surface area (Å²) >= 11 is 0. The highest BCUT2D eigenvalue weighted by atomic mass is 32.2. The molecular weight excluding hydrogens is 336 g/mol. The molecule has 6 heteroatoms. The highest BCUT2D eigenvalue weighted by Crippen LogP contribution is 2.23. The second kappa shape index (κ2) is 7.70. The number of carbonyl (C=O) groups excluding carboxylic acids is 1. The first kappa shape index (κ1) is 19.0. The van der Waals surface area contributed by atoms with E-state index in [1.165, 1.54) is 0 Å². The van der Waals surface area contributed by atoms with Gasteiger partial charge in [-0.2, -0.15) is 0 Å². The summed E-state index contributed by atoms with van der Waals surface area (Å²) in [5, 5.41) is 5.85. The molecule has 1 amide bonds. The molecule has 0 aliphatic carbocycles. The Bertz CT molecular complexity index is 890. The van der Waals surface area contributed by atoms with Crippen molar-refractivity contribution in [2.24, 2.45) is 0 Å². The van der Waals surface area contributed by atoms with Gasteiger partial charge < -0.3 is 10.6 Å². The Morgan fingerprint density at radius 1 is 1.12 bits per heavy atom. The van der Waals surface area contributed by atoms with Gasteiger partial charge in [0.15, 0.2) is 9.84 Å². The first-order valence-electron chi connectivity index (χ1n) is 8.15. The predicted octanol–water partition coefficient (Wildman–Crippen LogP) is 3.32. The summed E-state index contributed by atoms with van der Waals surface area (Å²) in [6.07, 6.45) is 1.98. The van der Waals surface area contributed by atoms with E-state index < -0.39 is 9.84 Å². The van der Waals surface area contributed by atoms with Crippen molar-refractivity contribution < 1.29 is 13.2 Å². The van der Waals surface area contributed by atoms with Crippen LogP contribution < -0.4 is 10.6 Å². The zero-order valence-electron chi connectivity index (χ0n) is 15.0. The number of amides is 1. The van der Waals surface area contributed by atoms with Gasteiger partial charge in [0.25, 0.3) is 0 Å². The summed E-state index contributed by atoms with van der Waals surface area (Å²) in [5.41, 5.74) is 4.18. The van der Waals surface area contributed by atoms with E-state index >= 15 is 0 Å². The second-order valence-corrected chi connectivity index (χ2v) is 8.12. The van der Waals surface area contributed by atoms with E-state index in [1.807, 2.05) is 45.0 Å². The number of anilines is 2. The third-order valence-electron chi connectivity index (χ3n) is 3.98. The fourth-order valence-electron chi connectivity index (χ4n) is 2.64. The predicted molar refractivity (Wildman–Crippen MR) is 102 cm³/mol. The van der Waals surface area contributed by atoms with Crippen molar-refractivity contribution in [3.63, 3.8) is 0 Å². The van der Waals surface area contributed by atoms with E-state index in [0.717, 1.165) is 35.1 Å². The average Bonchev–Trinajstić information content (AvgIpc) is 2.54. The summed E-state index contributed by atoms with van der Waals surface area (Å²) in [6, 6.07) is 11.0. The van der Waals surface area contributed by atoms with E-state index in [9.17, 15) is 13.2 Å². The van der Waals surface area contributed by atoms with Gasteiger partial charge in [0.05, 0.1) is 17.1 Å². The zero-order valence-corrected chi connectivity index (χ0v) is 15.8. The number of sulfone groups is 1. The Kier molecular flexibility index (Phi) is 5.85. The summed E-state index contributed by atoms with van der Waals surface area (Å²) in [4.78, 5) is 12.5. The maximum atomic E-state index is 12.3. The van der Waals surface area contributed by atoms with Crippen molar-refractivity contribution in [3.05, 3.63) is 53.1 Å². The van der Waals surface area contributed by atoms with Crippen LogP contribution in [0.2, 0.25) is 0 Å². The molecule has 0 spiro atoms. The highest BCUT2D eigenvalue weighted by Gasteiger charge is 2.15. The molecule has 0 atom stereocenters. The molecular formula is C19H24N2O3S. The number of rotatable bonds is 6. The molecule has 0 fully saturated rings. The fourth-order valence-corrected chi connectivity index (χ4v) is 3.58. The van der Waals surface area contributed by atoms with Crippen molar-refractivity contribution in [1.82, 2.24) is 0 Å². The normalized spacial score (nSPS) is 11.2. The molecule has 0 saturated carbocycles. The maximum Gasteiger partial charge on any atom is 0.243 e. The van der Waals surface area contributed by atoms with E-state index in [0.29, 0.717) is 5.69 Å². The van der Waals surface area contributed by atoms with Crippen LogP contribution >= 0.6 is 0 Å². The Morgan fingerprint density at radius 2 is 1.84 bits per heavy atom. The van der Waals surface area contributed by atoms with Gasteiger partial charge in [0, 0.05) is 11.9 Å². The first-order chi connectivity index (χ1) is 11.7. The van der Waals surface area contributed by atoms with Gasteiger partial charge in [0.1, 0.15) is 0 Å². The van der Waals surface area contributed by atoms with Crippen LogP contribution in [0.4, 0.5) is 11.4 Å². The van der Waals surface area contributed by atoms with Crippen LogP contribution in [0.1, 0.15) is 23.6 Å². The lowest BCUT2D eigenvalue weighted by molar-refractivity contribution is -0.114. The minimum absolute atomic E-state index is 0.0108. The summed E-state index contributed by atoms with van der Waals surface area (Å²) in [6.45, 7) is 5.80. The molecule has 0 aliphatic rings. The molecule has 2 aromatic carbocycles. The summed E-state index contributed by atoms with van der Waals surface area (Å²) in [5.74, 6) is -0.218. The van der Waals surface area contributed by atoms with E-state index in [2.05, 4.69) is 10.6 Å². The third-order valence-corrected chi connectivity index (χ3v) is 5.12. The van der Waals surface area contributed by atoms with Crippen molar-refractivity contribution in [2.45, 2.75) is 32.1 Å². The first-order valence-corrected chi connectivity index (χ1v) is 10.0. The minimum atomic E-state index is -3.37. The lowest BCUT2D eigenvalue weighted by Gasteiger charge is -2.15. The number of hydrogen-bond acceptors (Lipinski definition) is 4. The number of carbonyl (C=O) groups is 1. The molecule has 0 radical (unpaired) electrons. The smallest absolute Gasteiger partial charge is 0.243 e. The molecule has 2 rings (SSSR count). The zero-order chi connectivity index (χ0) is 18.6. The van der Waals surface area contributed by atoms with Crippen LogP contribution in [0.25, 0.3) is 0 Å². The molecule has 134 valence electrons. The average molecular weight is 360 g/mol. The number of nitrogens with one attached hydrogen (secondary N) is 2. The molecule has 25 heavy (non-hydrogen) atoms. The molecule has 2 N–H and O–H groups in total. The van der Waals surface area contributed by atoms with Crippen LogP contribution in [0, 0.1) is 13.8 Å². The van der Waals surface area contributed by atoms with Gasteiger partial charge in [-0.1, -0.05) is 31.2 Å². The lowest BCUT2D eigenvalue weighted by Crippen LogP contribution is -2.23. The van der Waals surface area contributed by atoms with Gasteiger partial charge >= 0.3 is 0 Å². The van der Waals surface area contributed by atoms with Crippen molar-refractivity contribution in [2.75, 3.05) is 23.4 Å². The third kappa shape index (κ3) is 4.82. The van der Waals surface area contributed by atoms with Crippen LogP contribution in [-0.4, -0.2) is 27.1 Å². The molecule has 0 unspecified atom stereocenters. The maximum absolute atomic E-state index is 12.3. The van der Waals surface area contributed by atoms with Crippen LogP contribution in [0.5, 0.6) is 0 Å². The lowest BCUT2D eigenvalue weighted by atomic mass is 10.1. The number of hydrogen-bond donors (Lipinski definition) is 2. The van der Waals surface area contributed by atoms with Gasteiger partial charge in [-0.3, -0.25) is 4.79 Å². The van der Waals surface area contributed by atoms with Gasteiger partial charge in [-0.15, -0.1) is 0 Å². The SMILES string of the molecule is CCc1cccc(C)c1NC(=O)CNc1ccc(C)cc1S(C)(=O)=O. The van der Waals surface area contributed by atoms with Gasteiger partial charge in [-0.05, 0) is 49.1 Å². The van der Waals surface area contributed by atoms with Gasteiger partial charge in [0.2, 0.25) is 5.91 Å². The molecule has 0 heterocycles. The second-order valence-electron chi connectivity index (χ2n) is 6.14. The van der Waals surface area contributed by atoms with Gasteiger partial charge in [-0.25, -0.2) is 8.42 Å². The monoisotopic (exact) mass is 360 g/mol. The summed E-state index contributed by atoms with van der Waals surface area (Å²) < 4.78 is 23.9. The Labute approximate surface area is 149 Å². The summed E-state index contributed by atoms with van der Waals surface area (Å²) in [7, 11) is -3.37. The van der Waals surface area contributed by atoms with Crippen molar-refractivity contribution in [3.8, 4) is 0 Å². The topological polar surface area (TPSA) is 75.3 Å². The Balaban J connectivity index is 2.14. The quantitative estimate of drug-likeness (QED) is 0.829.